The molecule has 34 heavy (non-hydrogen) atoms. The minimum Gasteiger partial charge on any atom is -0.507 e. The smallest absolute Gasteiger partial charge is 0.416 e. The van der Waals surface area contributed by atoms with Crippen LogP contribution in [-0.2, 0) is 28.7 Å². The fourth-order valence-corrected chi connectivity index (χ4v) is 4.03. The number of aryl methyl sites for hydroxylation is 1. The van der Waals surface area contributed by atoms with E-state index in [0.29, 0.717) is 11.1 Å². The van der Waals surface area contributed by atoms with Gasteiger partial charge in [0.15, 0.2) is 0 Å². The Morgan fingerprint density at radius 2 is 1.68 bits per heavy atom. The molecule has 174 valence electrons. The Morgan fingerprint density at radius 1 is 1.00 bits per heavy atom. The first-order chi connectivity index (χ1) is 16.2. The van der Waals surface area contributed by atoms with Crippen molar-refractivity contribution in [1.29, 1.82) is 0 Å². The molecular weight excluding hydrogens is 445 g/mol. The fraction of sp³-hybridized carbons (Fsp3) is 0.192. The van der Waals surface area contributed by atoms with E-state index in [1.165, 1.54) is 29.4 Å². The minimum atomic E-state index is -4.54. The van der Waals surface area contributed by atoms with Gasteiger partial charge in [-0.1, -0.05) is 43.3 Å². The monoisotopic (exact) mass is 466 g/mol. The van der Waals surface area contributed by atoms with Crippen molar-refractivity contribution >= 4 is 17.4 Å². The van der Waals surface area contributed by atoms with E-state index >= 15 is 0 Å². The van der Waals surface area contributed by atoms with Gasteiger partial charge in [0, 0.05) is 24.5 Å². The molecule has 4 rings (SSSR count). The second-order valence-corrected chi connectivity index (χ2v) is 7.96. The Labute approximate surface area is 194 Å². The molecule has 0 saturated carbocycles. The van der Waals surface area contributed by atoms with Gasteiger partial charge in [0.2, 0.25) is 0 Å². The molecular formula is C26H21F3N2O3. The molecule has 1 atom stereocenters. The van der Waals surface area contributed by atoms with Crippen LogP contribution in [0, 0.1) is 0 Å². The van der Waals surface area contributed by atoms with E-state index < -0.39 is 29.5 Å². The fourth-order valence-electron chi connectivity index (χ4n) is 4.03. The third-order valence-electron chi connectivity index (χ3n) is 5.80. The lowest BCUT2D eigenvalue weighted by molar-refractivity contribution is -0.140. The normalized spacial score (nSPS) is 17.9. The highest BCUT2D eigenvalue weighted by Crippen LogP contribution is 2.40. The number of halogens is 3. The number of likely N-dealkylation sites (tertiary alicyclic amines) is 1. The number of hydrogen-bond donors (Lipinski definition) is 1. The molecule has 3 aromatic rings. The molecule has 8 heteroatoms. The average molecular weight is 466 g/mol. The highest BCUT2D eigenvalue weighted by molar-refractivity contribution is 6.46. The molecule has 1 aromatic heterocycles. The molecule has 2 aromatic carbocycles. The first-order valence-corrected chi connectivity index (χ1v) is 10.6. The topological polar surface area (TPSA) is 70.5 Å². The number of carbonyl (C=O) groups is 2. The second kappa shape index (κ2) is 9.13. The number of aromatic nitrogens is 1. The molecule has 0 radical (unpaired) electrons. The van der Waals surface area contributed by atoms with Crippen molar-refractivity contribution in [3.63, 3.8) is 0 Å². The molecule has 1 unspecified atom stereocenters. The van der Waals surface area contributed by atoms with Crippen LogP contribution in [0.1, 0.15) is 40.8 Å². The van der Waals surface area contributed by atoms with E-state index in [2.05, 4.69) is 4.98 Å². The van der Waals surface area contributed by atoms with Gasteiger partial charge in [-0.05, 0) is 47.4 Å². The number of carbonyl (C=O) groups excluding carboxylic acids is 2. The molecule has 0 spiro atoms. The summed E-state index contributed by atoms with van der Waals surface area (Å²) in [5.41, 5.74) is 1.15. The molecule has 1 aliphatic heterocycles. The lowest BCUT2D eigenvalue weighted by Gasteiger charge is -2.25. The van der Waals surface area contributed by atoms with Crippen LogP contribution in [0.4, 0.5) is 13.2 Å². The standard InChI is InChI=1S/C26H21F3N2O3/c1-2-16-6-8-19(9-7-16)23(32)21-22(18-10-12-30-13-11-18)31(25(34)24(21)33)15-17-4-3-5-20(14-17)26(27,28)29/h3-14,22,32H,2,15H2,1H3/b23-21+. The summed E-state index contributed by atoms with van der Waals surface area (Å²) in [6.45, 7) is 1.74. The van der Waals surface area contributed by atoms with Gasteiger partial charge in [-0.3, -0.25) is 14.6 Å². The van der Waals surface area contributed by atoms with E-state index in [-0.39, 0.29) is 23.4 Å². The first kappa shape index (κ1) is 23.2. The predicted octanol–water partition coefficient (Wildman–Crippen LogP) is 5.28. The summed E-state index contributed by atoms with van der Waals surface area (Å²) in [5, 5.41) is 11.1. The largest absolute Gasteiger partial charge is 0.507 e. The quantitative estimate of drug-likeness (QED) is 0.315. The van der Waals surface area contributed by atoms with Gasteiger partial charge >= 0.3 is 6.18 Å². The van der Waals surface area contributed by atoms with Crippen LogP contribution in [0.5, 0.6) is 0 Å². The third kappa shape index (κ3) is 4.44. The van der Waals surface area contributed by atoms with Gasteiger partial charge in [-0.15, -0.1) is 0 Å². The maximum atomic E-state index is 13.2. The van der Waals surface area contributed by atoms with Crippen molar-refractivity contribution in [3.05, 3.63) is 106 Å². The number of amides is 1. The predicted molar refractivity (Wildman–Crippen MR) is 119 cm³/mol. The van der Waals surface area contributed by atoms with Crippen molar-refractivity contribution in [3.8, 4) is 0 Å². The molecule has 5 nitrogen and oxygen atoms in total. The van der Waals surface area contributed by atoms with Gasteiger partial charge in [0.05, 0.1) is 17.2 Å². The van der Waals surface area contributed by atoms with Crippen molar-refractivity contribution in [2.24, 2.45) is 0 Å². The maximum absolute atomic E-state index is 13.2. The number of aliphatic hydroxyl groups is 1. The van der Waals surface area contributed by atoms with E-state index in [1.807, 2.05) is 19.1 Å². The number of benzene rings is 2. The molecule has 1 amide bonds. The zero-order chi connectivity index (χ0) is 24.5. The number of alkyl halides is 3. The van der Waals surface area contributed by atoms with Gasteiger partial charge in [0.25, 0.3) is 11.7 Å². The highest BCUT2D eigenvalue weighted by Gasteiger charge is 2.46. The summed E-state index contributed by atoms with van der Waals surface area (Å²) in [6.07, 6.45) is -0.787. The van der Waals surface area contributed by atoms with Crippen molar-refractivity contribution in [2.75, 3.05) is 0 Å². The van der Waals surface area contributed by atoms with Crippen LogP contribution < -0.4 is 0 Å². The van der Waals surface area contributed by atoms with Gasteiger partial charge in [-0.25, -0.2) is 0 Å². The van der Waals surface area contributed by atoms with Crippen molar-refractivity contribution in [2.45, 2.75) is 32.1 Å². The van der Waals surface area contributed by atoms with E-state index in [1.54, 1.807) is 24.3 Å². The van der Waals surface area contributed by atoms with E-state index in [9.17, 15) is 27.9 Å². The lowest BCUT2D eigenvalue weighted by Crippen LogP contribution is -2.29. The zero-order valence-corrected chi connectivity index (χ0v) is 18.2. The minimum absolute atomic E-state index is 0.118. The number of pyridine rings is 1. The molecule has 1 N–H and O–H groups in total. The first-order valence-electron chi connectivity index (χ1n) is 10.6. The van der Waals surface area contributed by atoms with Crippen LogP contribution in [-0.4, -0.2) is 26.7 Å². The van der Waals surface area contributed by atoms with Gasteiger partial charge in [0.1, 0.15) is 5.76 Å². The SMILES string of the molecule is CCc1ccc(/C(O)=C2\C(=O)C(=O)N(Cc3cccc(C(F)(F)F)c3)C2c2ccncc2)cc1. The summed E-state index contributed by atoms with van der Waals surface area (Å²) in [7, 11) is 0. The maximum Gasteiger partial charge on any atom is 0.416 e. The highest BCUT2D eigenvalue weighted by atomic mass is 19.4. The Bertz CT molecular complexity index is 1250. The Morgan fingerprint density at radius 3 is 2.29 bits per heavy atom. The molecule has 1 aliphatic rings. The Balaban J connectivity index is 1.81. The summed E-state index contributed by atoms with van der Waals surface area (Å²) in [4.78, 5) is 31.2. The van der Waals surface area contributed by atoms with Crippen LogP contribution in [0.15, 0.2) is 78.6 Å². The summed E-state index contributed by atoms with van der Waals surface area (Å²) >= 11 is 0. The number of rotatable bonds is 5. The molecule has 1 fully saturated rings. The summed E-state index contributed by atoms with van der Waals surface area (Å²) in [5.74, 6) is -2.13. The molecule has 1 saturated heterocycles. The summed E-state index contributed by atoms with van der Waals surface area (Å²) in [6, 6.07) is 13.8. The Kier molecular flexibility index (Phi) is 6.24. The van der Waals surface area contributed by atoms with Crippen LogP contribution in [0.25, 0.3) is 5.76 Å². The van der Waals surface area contributed by atoms with E-state index in [4.69, 9.17) is 0 Å². The van der Waals surface area contributed by atoms with Gasteiger partial charge < -0.3 is 10.0 Å². The lowest BCUT2D eigenvalue weighted by atomic mass is 9.95. The molecule has 0 aliphatic carbocycles. The van der Waals surface area contributed by atoms with Crippen LogP contribution in [0.3, 0.4) is 0 Å². The number of hydrogen-bond acceptors (Lipinski definition) is 4. The van der Waals surface area contributed by atoms with Crippen molar-refractivity contribution in [1.82, 2.24) is 9.88 Å². The number of ketones is 1. The molecule has 2 heterocycles. The van der Waals surface area contributed by atoms with Crippen molar-refractivity contribution < 1.29 is 27.9 Å². The molecule has 0 bridgehead atoms. The zero-order valence-electron chi connectivity index (χ0n) is 18.2. The van der Waals surface area contributed by atoms with Gasteiger partial charge in [-0.2, -0.15) is 13.2 Å². The Hall–Kier alpha value is -3.94. The number of aliphatic hydroxyl groups excluding tert-OH is 1. The summed E-state index contributed by atoms with van der Waals surface area (Å²) < 4.78 is 39.6. The number of nitrogens with zero attached hydrogens (tertiary/aromatic N) is 2. The third-order valence-corrected chi connectivity index (χ3v) is 5.80. The van der Waals surface area contributed by atoms with Crippen LogP contribution in [0.2, 0.25) is 0 Å². The van der Waals surface area contributed by atoms with E-state index in [0.717, 1.165) is 24.1 Å². The average Bonchev–Trinajstić information content (AvgIpc) is 3.09. The van der Waals surface area contributed by atoms with Crippen LogP contribution >= 0.6 is 0 Å². The second-order valence-electron chi connectivity index (χ2n) is 7.96. The number of Topliss-reactive ketones (excluding diaryl/α,β-unsaturated/α-hetero) is 1.